The number of hydrogen-bond donors (Lipinski definition) is 2. The topological polar surface area (TPSA) is 67.2 Å². The van der Waals surface area contributed by atoms with Gasteiger partial charge in [0.1, 0.15) is 5.69 Å². The lowest BCUT2D eigenvalue weighted by molar-refractivity contribution is -0.383. The van der Waals surface area contributed by atoms with Gasteiger partial charge in [0.15, 0.2) is 5.11 Å². The van der Waals surface area contributed by atoms with Crippen molar-refractivity contribution < 1.29 is 4.92 Å². The third-order valence-corrected chi connectivity index (χ3v) is 3.71. The van der Waals surface area contributed by atoms with Crippen molar-refractivity contribution in [3.8, 4) is 0 Å². The van der Waals surface area contributed by atoms with Gasteiger partial charge < -0.3 is 10.6 Å². The number of rotatable bonds is 3. The Morgan fingerprint density at radius 1 is 1.14 bits per heavy atom. The zero-order chi connectivity index (χ0) is 16.3. The normalized spacial score (nSPS) is 10.1. The molecule has 114 valence electrons. The summed E-state index contributed by atoms with van der Waals surface area (Å²) in [5.74, 6) is 0. The summed E-state index contributed by atoms with van der Waals surface area (Å²) < 4.78 is 0. The highest BCUT2D eigenvalue weighted by Crippen LogP contribution is 2.30. The summed E-state index contributed by atoms with van der Waals surface area (Å²) in [6.45, 7) is 3.70. The third kappa shape index (κ3) is 3.72. The quantitative estimate of drug-likeness (QED) is 0.484. The molecule has 5 nitrogen and oxygen atoms in total. The van der Waals surface area contributed by atoms with Crippen molar-refractivity contribution in [3.05, 3.63) is 62.7 Å². The number of nitrogens with one attached hydrogen (secondary N) is 2. The first-order valence-corrected chi connectivity index (χ1v) is 7.25. The molecule has 0 heterocycles. The van der Waals surface area contributed by atoms with E-state index in [2.05, 4.69) is 10.6 Å². The van der Waals surface area contributed by atoms with Crippen molar-refractivity contribution >= 4 is 46.0 Å². The van der Waals surface area contributed by atoms with Gasteiger partial charge in [0.25, 0.3) is 5.69 Å². The van der Waals surface area contributed by atoms with Crippen LogP contribution in [0, 0.1) is 24.0 Å². The van der Waals surface area contributed by atoms with Crippen LogP contribution in [0.3, 0.4) is 0 Å². The molecule has 0 amide bonds. The highest BCUT2D eigenvalue weighted by Gasteiger charge is 2.18. The monoisotopic (exact) mass is 335 g/mol. The lowest BCUT2D eigenvalue weighted by Gasteiger charge is -2.14. The maximum atomic E-state index is 11.1. The third-order valence-electron chi connectivity index (χ3n) is 3.25. The van der Waals surface area contributed by atoms with Crippen molar-refractivity contribution in [2.75, 3.05) is 10.6 Å². The first kappa shape index (κ1) is 16.2. The summed E-state index contributed by atoms with van der Waals surface area (Å²) in [5, 5.41) is 17.9. The van der Waals surface area contributed by atoms with Crippen LogP contribution in [0.4, 0.5) is 17.1 Å². The number of nitro groups is 1. The van der Waals surface area contributed by atoms with E-state index in [0.29, 0.717) is 10.7 Å². The zero-order valence-corrected chi connectivity index (χ0v) is 13.6. The molecule has 2 aromatic rings. The van der Waals surface area contributed by atoms with Crippen molar-refractivity contribution in [3.63, 3.8) is 0 Å². The van der Waals surface area contributed by atoms with Gasteiger partial charge in [-0.05, 0) is 61.5 Å². The van der Waals surface area contributed by atoms with E-state index in [0.717, 1.165) is 16.8 Å². The molecule has 2 rings (SSSR count). The predicted molar refractivity (Wildman–Crippen MR) is 93.9 cm³/mol. The standard InChI is InChI=1S/C15H14ClN3O2S/c1-9-3-8-13(19(20)21)14(10(9)2)18-15(22)17-12-6-4-11(16)5-7-12/h3-8H,1-2H3,(H2,17,18,22). The Kier molecular flexibility index (Phi) is 4.95. The maximum absolute atomic E-state index is 11.1. The van der Waals surface area contributed by atoms with Crippen molar-refractivity contribution in [2.45, 2.75) is 13.8 Å². The second-order valence-electron chi connectivity index (χ2n) is 4.74. The first-order chi connectivity index (χ1) is 10.4. The molecule has 0 radical (unpaired) electrons. The van der Waals surface area contributed by atoms with E-state index in [1.54, 1.807) is 30.3 Å². The average molecular weight is 336 g/mol. The average Bonchev–Trinajstić information content (AvgIpc) is 2.46. The highest BCUT2D eigenvalue weighted by molar-refractivity contribution is 7.80. The summed E-state index contributed by atoms with van der Waals surface area (Å²) in [5.41, 5.74) is 2.87. The summed E-state index contributed by atoms with van der Waals surface area (Å²) in [6, 6.07) is 10.2. The van der Waals surface area contributed by atoms with Gasteiger partial charge in [-0.3, -0.25) is 10.1 Å². The Balaban J connectivity index is 2.22. The van der Waals surface area contributed by atoms with Gasteiger partial charge in [-0.1, -0.05) is 17.7 Å². The summed E-state index contributed by atoms with van der Waals surface area (Å²) >= 11 is 11.0. The fraction of sp³-hybridized carbons (Fsp3) is 0.133. The molecule has 0 atom stereocenters. The number of halogens is 1. The Bertz CT molecular complexity index is 732. The smallest absolute Gasteiger partial charge is 0.293 e. The fourth-order valence-electron chi connectivity index (χ4n) is 1.92. The van der Waals surface area contributed by atoms with Gasteiger partial charge in [0.05, 0.1) is 4.92 Å². The van der Waals surface area contributed by atoms with E-state index in [9.17, 15) is 10.1 Å². The lowest BCUT2D eigenvalue weighted by Crippen LogP contribution is -2.20. The predicted octanol–water partition coefficient (Wildman–Crippen LogP) is 4.67. The molecule has 7 heteroatoms. The van der Waals surface area contributed by atoms with E-state index in [4.69, 9.17) is 23.8 Å². The number of anilines is 2. The van der Waals surface area contributed by atoms with Crippen molar-refractivity contribution in [2.24, 2.45) is 0 Å². The lowest BCUT2D eigenvalue weighted by atomic mass is 10.1. The van der Waals surface area contributed by atoms with E-state index in [1.165, 1.54) is 6.07 Å². The van der Waals surface area contributed by atoms with Crippen LogP contribution in [0.25, 0.3) is 0 Å². The van der Waals surface area contributed by atoms with Crippen LogP contribution in [0.1, 0.15) is 11.1 Å². The molecule has 0 unspecified atom stereocenters. The second-order valence-corrected chi connectivity index (χ2v) is 5.59. The van der Waals surface area contributed by atoms with Crippen molar-refractivity contribution in [1.82, 2.24) is 0 Å². The maximum Gasteiger partial charge on any atom is 0.293 e. The van der Waals surface area contributed by atoms with Crippen LogP contribution >= 0.6 is 23.8 Å². The van der Waals surface area contributed by atoms with Crippen LogP contribution < -0.4 is 10.6 Å². The Hall–Kier alpha value is -2.18. The molecule has 0 fully saturated rings. The van der Waals surface area contributed by atoms with Crippen molar-refractivity contribution in [1.29, 1.82) is 0 Å². The molecular weight excluding hydrogens is 322 g/mol. The van der Waals surface area contributed by atoms with Crippen LogP contribution in [0.5, 0.6) is 0 Å². The van der Waals surface area contributed by atoms with Crippen LogP contribution in [-0.4, -0.2) is 10.0 Å². The number of thiocarbonyl (C=S) groups is 1. The molecule has 0 saturated heterocycles. The SMILES string of the molecule is Cc1ccc([N+](=O)[O-])c(NC(=S)Nc2ccc(Cl)cc2)c1C. The Morgan fingerprint density at radius 3 is 2.36 bits per heavy atom. The number of nitrogens with zero attached hydrogens (tertiary/aromatic N) is 1. The first-order valence-electron chi connectivity index (χ1n) is 6.46. The van der Waals surface area contributed by atoms with Gasteiger partial charge in [-0.15, -0.1) is 0 Å². The summed E-state index contributed by atoms with van der Waals surface area (Å²) in [7, 11) is 0. The molecule has 0 bridgehead atoms. The van der Waals surface area contributed by atoms with E-state index < -0.39 is 4.92 Å². The number of hydrogen-bond acceptors (Lipinski definition) is 3. The van der Waals surface area contributed by atoms with Gasteiger partial charge in [0, 0.05) is 16.8 Å². The molecule has 22 heavy (non-hydrogen) atoms. The zero-order valence-electron chi connectivity index (χ0n) is 12.0. The Morgan fingerprint density at radius 2 is 1.77 bits per heavy atom. The number of benzene rings is 2. The number of nitro benzene ring substituents is 1. The van der Waals surface area contributed by atoms with E-state index >= 15 is 0 Å². The number of aryl methyl sites for hydroxylation is 1. The van der Waals surface area contributed by atoms with Gasteiger partial charge in [-0.25, -0.2) is 0 Å². The van der Waals surface area contributed by atoms with Gasteiger partial charge in [0.2, 0.25) is 0 Å². The minimum absolute atomic E-state index is 0.0108. The minimum Gasteiger partial charge on any atom is -0.332 e. The molecule has 0 aromatic heterocycles. The fourth-order valence-corrected chi connectivity index (χ4v) is 2.27. The van der Waals surface area contributed by atoms with Gasteiger partial charge >= 0.3 is 0 Å². The van der Waals surface area contributed by atoms with E-state index in [-0.39, 0.29) is 10.8 Å². The van der Waals surface area contributed by atoms with Gasteiger partial charge in [-0.2, -0.15) is 0 Å². The van der Waals surface area contributed by atoms with Crippen LogP contribution in [-0.2, 0) is 0 Å². The minimum atomic E-state index is -0.431. The molecular formula is C15H14ClN3O2S. The molecule has 0 saturated carbocycles. The molecule has 0 aliphatic carbocycles. The highest BCUT2D eigenvalue weighted by atomic mass is 35.5. The molecule has 0 spiro atoms. The van der Waals surface area contributed by atoms with E-state index in [1.807, 2.05) is 13.8 Å². The molecule has 2 aromatic carbocycles. The summed E-state index contributed by atoms with van der Waals surface area (Å²) in [6.07, 6.45) is 0. The largest absolute Gasteiger partial charge is 0.332 e. The second kappa shape index (κ2) is 6.72. The summed E-state index contributed by atoms with van der Waals surface area (Å²) in [4.78, 5) is 10.7. The van der Waals surface area contributed by atoms with Crippen LogP contribution in [0.2, 0.25) is 5.02 Å². The molecule has 2 N–H and O–H groups in total. The Labute approximate surface area is 138 Å². The molecule has 0 aliphatic heterocycles. The molecule has 0 aliphatic rings. The van der Waals surface area contributed by atoms with Crippen LogP contribution in [0.15, 0.2) is 36.4 Å².